The molecule has 0 unspecified atom stereocenters. The predicted octanol–water partition coefficient (Wildman–Crippen LogP) is 1.26. The summed E-state index contributed by atoms with van der Waals surface area (Å²) in [5.74, 6) is -0.987. The van der Waals surface area contributed by atoms with Gasteiger partial charge in [-0.3, -0.25) is 0 Å². The Labute approximate surface area is 64.6 Å². The quantitative estimate of drug-likeness (QED) is 0.373. The highest BCUT2D eigenvalue weighted by atomic mass is 16.4. The summed E-state index contributed by atoms with van der Waals surface area (Å²) in [6.07, 6.45) is 8.31. The number of carbonyl (C=O) groups is 1. The fourth-order valence-electron chi connectivity index (χ4n) is 0.365. The van der Waals surface area contributed by atoms with Crippen LogP contribution in [0, 0.1) is 11.3 Å². The van der Waals surface area contributed by atoms with Gasteiger partial charge in [-0.2, -0.15) is 5.26 Å². The predicted molar refractivity (Wildman–Crippen MR) is 40.7 cm³/mol. The number of nitrogens with zero attached hydrogens (tertiary/aromatic N) is 1. The minimum atomic E-state index is -0.987. The fraction of sp³-hybridized carbons (Fsp3) is 0. The molecule has 3 heteroatoms. The second-order valence-electron chi connectivity index (χ2n) is 1.57. The summed E-state index contributed by atoms with van der Waals surface area (Å²) in [6.45, 7) is 0. The highest BCUT2D eigenvalue weighted by Crippen LogP contribution is 1.79. The topological polar surface area (TPSA) is 61.1 Å². The van der Waals surface area contributed by atoms with Crippen LogP contribution < -0.4 is 0 Å². The van der Waals surface area contributed by atoms with Crippen molar-refractivity contribution in [2.75, 3.05) is 0 Å². The minimum Gasteiger partial charge on any atom is -0.478 e. The molecule has 0 heterocycles. The Bertz CT molecular complexity index is 243. The Balaban J connectivity index is 3.71. The molecule has 0 aromatic heterocycles. The zero-order valence-electron chi connectivity index (χ0n) is 5.77. The third kappa shape index (κ3) is 8.18. The molecule has 11 heavy (non-hydrogen) atoms. The lowest BCUT2D eigenvalue weighted by Crippen LogP contribution is -1.84. The van der Waals surface area contributed by atoms with Crippen molar-refractivity contribution in [3.8, 4) is 6.07 Å². The first-order chi connectivity index (χ1) is 5.27. The zero-order chi connectivity index (χ0) is 8.53. The van der Waals surface area contributed by atoms with Gasteiger partial charge in [0.05, 0.1) is 6.07 Å². The van der Waals surface area contributed by atoms with Gasteiger partial charge >= 0.3 is 5.97 Å². The molecule has 0 rings (SSSR count). The normalized spacial score (nSPS) is 11.2. The molecule has 0 spiro atoms. The number of allylic oxidation sites excluding steroid dienone is 5. The Kier molecular flexibility index (Phi) is 5.26. The zero-order valence-corrected chi connectivity index (χ0v) is 5.77. The Morgan fingerprint density at radius 2 is 1.91 bits per heavy atom. The molecule has 0 aliphatic carbocycles. The van der Waals surface area contributed by atoms with Crippen LogP contribution in [0.25, 0.3) is 0 Å². The van der Waals surface area contributed by atoms with Gasteiger partial charge in [0.2, 0.25) is 0 Å². The lowest BCUT2D eigenvalue weighted by atomic mass is 10.4. The maximum Gasteiger partial charge on any atom is 0.328 e. The summed E-state index contributed by atoms with van der Waals surface area (Å²) in [5, 5.41) is 16.2. The minimum absolute atomic E-state index is 0.987. The molecule has 0 aromatic rings. The van der Waals surface area contributed by atoms with E-state index in [4.69, 9.17) is 10.4 Å². The van der Waals surface area contributed by atoms with Gasteiger partial charge in [-0.05, 0) is 0 Å². The Hall–Kier alpha value is -1.82. The first-order valence-electron chi connectivity index (χ1n) is 2.90. The third-order valence-electron chi connectivity index (χ3n) is 0.743. The van der Waals surface area contributed by atoms with Crippen LogP contribution >= 0.6 is 0 Å². The molecular weight excluding hydrogens is 142 g/mol. The van der Waals surface area contributed by atoms with E-state index in [1.54, 1.807) is 12.1 Å². The van der Waals surface area contributed by atoms with E-state index >= 15 is 0 Å². The van der Waals surface area contributed by atoms with Crippen molar-refractivity contribution in [1.29, 1.82) is 5.26 Å². The van der Waals surface area contributed by atoms with E-state index in [1.165, 1.54) is 24.3 Å². The van der Waals surface area contributed by atoms with Gasteiger partial charge in [0, 0.05) is 12.2 Å². The molecule has 3 nitrogen and oxygen atoms in total. The van der Waals surface area contributed by atoms with E-state index in [-0.39, 0.29) is 0 Å². The van der Waals surface area contributed by atoms with Crippen molar-refractivity contribution >= 4 is 5.97 Å². The fourth-order valence-corrected chi connectivity index (χ4v) is 0.365. The van der Waals surface area contributed by atoms with Crippen LogP contribution in [0.4, 0.5) is 0 Å². The molecule has 0 aromatic carbocycles. The molecule has 0 saturated heterocycles. The standard InChI is InChI=1S/C8H7NO2/c9-7-5-3-1-2-4-6-8(10)11/h1-6H,(H,10,11). The number of carboxylic acid groups (broad SMARTS) is 1. The van der Waals surface area contributed by atoms with E-state index < -0.39 is 5.97 Å². The van der Waals surface area contributed by atoms with Crippen LogP contribution in [0.1, 0.15) is 0 Å². The summed E-state index contributed by atoms with van der Waals surface area (Å²) in [5.41, 5.74) is 0. The van der Waals surface area contributed by atoms with E-state index in [0.717, 1.165) is 6.08 Å². The van der Waals surface area contributed by atoms with Gasteiger partial charge in [-0.15, -0.1) is 0 Å². The van der Waals surface area contributed by atoms with E-state index in [0.29, 0.717) is 0 Å². The monoisotopic (exact) mass is 149 g/mol. The summed E-state index contributed by atoms with van der Waals surface area (Å²) in [6, 6.07) is 1.80. The second-order valence-corrected chi connectivity index (χ2v) is 1.57. The lowest BCUT2D eigenvalue weighted by molar-refractivity contribution is -0.131. The molecule has 0 amide bonds. The largest absolute Gasteiger partial charge is 0.478 e. The number of nitriles is 1. The molecule has 0 atom stereocenters. The highest BCUT2D eigenvalue weighted by molar-refractivity contribution is 5.80. The van der Waals surface area contributed by atoms with Crippen LogP contribution in [0.15, 0.2) is 36.5 Å². The number of aliphatic carboxylic acids is 1. The smallest absolute Gasteiger partial charge is 0.328 e. The molecule has 0 saturated carbocycles. The molecule has 0 aliphatic heterocycles. The number of hydrogen-bond donors (Lipinski definition) is 1. The third-order valence-corrected chi connectivity index (χ3v) is 0.743. The van der Waals surface area contributed by atoms with Gasteiger partial charge < -0.3 is 5.11 Å². The van der Waals surface area contributed by atoms with Crippen molar-refractivity contribution in [2.45, 2.75) is 0 Å². The first kappa shape index (κ1) is 9.18. The average molecular weight is 149 g/mol. The van der Waals surface area contributed by atoms with Crippen molar-refractivity contribution in [3.63, 3.8) is 0 Å². The summed E-state index contributed by atoms with van der Waals surface area (Å²) in [7, 11) is 0. The first-order valence-corrected chi connectivity index (χ1v) is 2.90. The van der Waals surface area contributed by atoms with Crippen molar-refractivity contribution in [1.82, 2.24) is 0 Å². The molecule has 0 aliphatic rings. The maximum atomic E-state index is 9.90. The van der Waals surface area contributed by atoms with E-state index in [9.17, 15) is 4.79 Å². The van der Waals surface area contributed by atoms with Crippen LogP contribution in [0.3, 0.4) is 0 Å². The number of rotatable bonds is 3. The van der Waals surface area contributed by atoms with Gasteiger partial charge in [-0.1, -0.05) is 24.3 Å². The van der Waals surface area contributed by atoms with E-state index in [2.05, 4.69) is 0 Å². The Morgan fingerprint density at radius 1 is 1.27 bits per heavy atom. The number of hydrogen-bond acceptors (Lipinski definition) is 2. The second kappa shape index (κ2) is 6.30. The van der Waals surface area contributed by atoms with Crippen LogP contribution in [0.5, 0.6) is 0 Å². The van der Waals surface area contributed by atoms with Gasteiger partial charge in [-0.25, -0.2) is 4.79 Å². The molecule has 0 bridgehead atoms. The maximum absolute atomic E-state index is 9.90. The van der Waals surface area contributed by atoms with Crippen molar-refractivity contribution in [3.05, 3.63) is 36.5 Å². The molecule has 1 N–H and O–H groups in total. The molecule has 0 radical (unpaired) electrons. The van der Waals surface area contributed by atoms with Gasteiger partial charge in [0.25, 0.3) is 0 Å². The van der Waals surface area contributed by atoms with Crippen LogP contribution in [-0.2, 0) is 4.79 Å². The summed E-state index contributed by atoms with van der Waals surface area (Å²) in [4.78, 5) is 9.90. The average Bonchev–Trinajstić information content (AvgIpc) is 1.96. The Morgan fingerprint density at radius 3 is 2.45 bits per heavy atom. The van der Waals surface area contributed by atoms with Crippen molar-refractivity contribution in [2.24, 2.45) is 0 Å². The van der Waals surface area contributed by atoms with Crippen LogP contribution in [-0.4, -0.2) is 11.1 Å². The summed E-state index contributed by atoms with van der Waals surface area (Å²) >= 11 is 0. The molecule has 56 valence electrons. The highest BCUT2D eigenvalue weighted by Gasteiger charge is 1.78. The summed E-state index contributed by atoms with van der Waals surface area (Å²) < 4.78 is 0. The van der Waals surface area contributed by atoms with Crippen molar-refractivity contribution < 1.29 is 9.90 Å². The van der Waals surface area contributed by atoms with E-state index in [1.807, 2.05) is 0 Å². The van der Waals surface area contributed by atoms with Gasteiger partial charge in [0.15, 0.2) is 0 Å². The van der Waals surface area contributed by atoms with Gasteiger partial charge in [0.1, 0.15) is 0 Å². The molecule has 0 fully saturated rings. The molecular formula is C8H7NO2. The SMILES string of the molecule is N#CC=CC=CC=CC(=O)O. The van der Waals surface area contributed by atoms with Crippen LogP contribution in [0.2, 0.25) is 0 Å². The lowest BCUT2D eigenvalue weighted by Gasteiger charge is -1.73. The number of carboxylic acids is 1.